The summed E-state index contributed by atoms with van der Waals surface area (Å²) in [5, 5.41) is 8.78. The van der Waals surface area contributed by atoms with Crippen LogP contribution in [0.1, 0.15) is 45.4 Å². The van der Waals surface area contributed by atoms with Crippen molar-refractivity contribution >= 4 is 11.8 Å². The molecule has 1 unspecified atom stereocenters. The molecular formula is C14H23NO3. The van der Waals surface area contributed by atoms with E-state index in [2.05, 4.69) is 6.92 Å². The van der Waals surface area contributed by atoms with Crippen molar-refractivity contribution in [3.05, 3.63) is 12.2 Å². The molecule has 0 radical (unpaired) electrons. The third kappa shape index (κ3) is 4.26. The highest BCUT2D eigenvalue weighted by atomic mass is 16.3. The molecule has 1 fully saturated rings. The second-order valence-corrected chi connectivity index (χ2v) is 4.70. The maximum absolute atomic E-state index is 11.8. The van der Waals surface area contributed by atoms with E-state index >= 15 is 0 Å². The number of allylic oxidation sites excluding steroid dienone is 1. The lowest BCUT2D eigenvalue weighted by Crippen LogP contribution is -2.32. The first-order valence-electron chi connectivity index (χ1n) is 6.82. The minimum Gasteiger partial charge on any atom is -0.395 e. The number of aliphatic hydroxyl groups excluding tert-OH is 1. The zero-order valence-corrected chi connectivity index (χ0v) is 11.1. The van der Waals surface area contributed by atoms with Gasteiger partial charge < -0.3 is 5.11 Å². The Balaban J connectivity index is 2.33. The van der Waals surface area contributed by atoms with Gasteiger partial charge in [-0.15, -0.1) is 0 Å². The van der Waals surface area contributed by atoms with E-state index in [1.807, 2.05) is 12.2 Å². The summed E-state index contributed by atoms with van der Waals surface area (Å²) >= 11 is 0. The third-order valence-corrected chi connectivity index (χ3v) is 3.20. The van der Waals surface area contributed by atoms with Gasteiger partial charge in [-0.2, -0.15) is 0 Å². The average Bonchev–Trinajstić information content (AvgIpc) is 2.62. The number of hydrogen-bond donors (Lipinski definition) is 1. The summed E-state index contributed by atoms with van der Waals surface area (Å²) < 4.78 is 0. The van der Waals surface area contributed by atoms with Gasteiger partial charge in [-0.1, -0.05) is 38.3 Å². The predicted molar refractivity (Wildman–Crippen MR) is 69.8 cm³/mol. The molecule has 0 bridgehead atoms. The number of likely N-dealkylation sites (tertiary alicyclic amines) is 1. The largest absolute Gasteiger partial charge is 0.395 e. The summed E-state index contributed by atoms with van der Waals surface area (Å²) in [6.07, 6.45) is 9.91. The van der Waals surface area contributed by atoms with Gasteiger partial charge in [0.2, 0.25) is 11.8 Å². The Bertz CT molecular complexity index is 312. The Labute approximate surface area is 109 Å². The molecular weight excluding hydrogens is 230 g/mol. The first-order chi connectivity index (χ1) is 8.70. The Morgan fingerprint density at radius 2 is 2.11 bits per heavy atom. The van der Waals surface area contributed by atoms with E-state index in [1.165, 1.54) is 19.3 Å². The van der Waals surface area contributed by atoms with Crippen molar-refractivity contribution in [3.63, 3.8) is 0 Å². The van der Waals surface area contributed by atoms with Gasteiger partial charge in [0, 0.05) is 6.42 Å². The number of carbonyl (C=O) groups is 2. The van der Waals surface area contributed by atoms with Crippen LogP contribution in [0.25, 0.3) is 0 Å². The number of aliphatic hydroxyl groups is 1. The first-order valence-corrected chi connectivity index (χ1v) is 6.82. The Morgan fingerprint density at radius 1 is 1.33 bits per heavy atom. The second kappa shape index (κ2) is 8.03. The van der Waals surface area contributed by atoms with E-state index in [9.17, 15) is 9.59 Å². The molecule has 1 saturated heterocycles. The molecule has 0 aromatic heterocycles. The van der Waals surface area contributed by atoms with Crippen molar-refractivity contribution in [2.75, 3.05) is 13.2 Å². The fraction of sp³-hybridized carbons (Fsp3) is 0.714. The number of β-amino-alcohol motifs (C(OH)–C–C–N with tert-alkyl or cyclic N) is 1. The zero-order valence-electron chi connectivity index (χ0n) is 11.1. The van der Waals surface area contributed by atoms with Crippen LogP contribution < -0.4 is 0 Å². The lowest BCUT2D eigenvalue weighted by molar-refractivity contribution is -0.139. The van der Waals surface area contributed by atoms with Gasteiger partial charge in [0.15, 0.2) is 0 Å². The molecule has 0 spiro atoms. The van der Waals surface area contributed by atoms with E-state index in [4.69, 9.17) is 5.11 Å². The summed E-state index contributed by atoms with van der Waals surface area (Å²) in [6.45, 7) is 2.14. The number of nitrogens with zero attached hydrogens (tertiary/aromatic N) is 1. The highest BCUT2D eigenvalue weighted by Crippen LogP contribution is 2.20. The Hall–Kier alpha value is -1.16. The fourth-order valence-corrected chi connectivity index (χ4v) is 2.14. The molecule has 1 aliphatic rings. The normalized spacial score (nSPS) is 20.3. The number of hydrogen-bond acceptors (Lipinski definition) is 3. The number of rotatable bonds is 8. The average molecular weight is 253 g/mol. The van der Waals surface area contributed by atoms with E-state index in [0.717, 1.165) is 17.7 Å². The number of imide groups is 1. The molecule has 0 saturated carbocycles. The lowest BCUT2D eigenvalue weighted by atomic mass is 10.1. The van der Waals surface area contributed by atoms with Crippen molar-refractivity contribution < 1.29 is 14.7 Å². The van der Waals surface area contributed by atoms with Gasteiger partial charge in [0.1, 0.15) is 0 Å². The monoisotopic (exact) mass is 253 g/mol. The lowest BCUT2D eigenvalue weighted by Gasteiger charge is -2.11. The van der Waals surface area contributed by atoms with Crippen molar-refractivity contribution in [1.29, 1.82) is 0 Å². The van der Waals surface area contributed by atoms with Crippen molar-refractivity contribution in [2.45, 2.75) is 45.4 Å². The molecule has 1 atom stereocenters. The molecule has 0 aliphatic carbocycles. The van der Waals surface area contributed by atoms with Crippen molar-refractivity contribution in [3.8, 4) is 0 Å². The van der Waals surface area contributed by atoms with Crippen molar-refractivity contribution in [2.24, 2.45) is 5.92 Å². The molecule has 0 aromatic rings. The van der Waals surface area contributed by atoms with E-state index < -0.39 is 0 Å². The van der Waals surface area contributed by atoms with Gasteiger partial charge in [-0.05, 0) is 12.8 Å². The maximum Gasteiger partial charge on any atom is 0.236 e. The number of carbonyl (C=O) groups excluding carboxylic acids is 2. The van der Waals surface area contributed by atoms with Crippen molar-refractivity contribution in [1.82, 2.24) is 4.90 Å². The smallest absolute Gasteiger partial charge is 0.236 e. The highest BCUT2D eigenvalue weighted by molar-refractivity contribution is 6.04. The maximum atomic E-state index is 11.8. The SMILES string of the molecule is CCCCCCC=CC1CC(=O)N(CCO)C1=O. The van der Waals surface area contributed by atoms with Crippen LogP contribution >= 0.6 is 0 Å². The van der Waals surface area contributed by atoms with Crippen LogP contribution in [0.15, 0.2) is 12.2 Å². The molecule has 102 valence electrons. The van der Waals surface area contributed by atoms with E-state index in [1.54, 1.807) is 0 Å². The minimum atomic E-state index is -0.310. The molecule has 18 heavy (non-hydrogen) atoms. The minimum absolute atomic E-state index is 0.124. The fourth-order valence-electron chi connectivity index (χ4n) is 2.14. The van der Waals surface area contributed by atoms with Crippen LogP contribution in [-0.4, -0.2) is 35.0 Å². The molecule has 1 rings (SSSR count). The zero-order chi connectivity index (χ0) is 13.4. The predicted octanol–water partition coefficient (Wildman–Crippen LogP) is 1.88. The van der Waals surface area contributed by atoms with Gasteiger partial charge in [0.05, 0.1) is 19.1 Å². The molecule has 1 aliphatic heterocycles. The summed E-state index contributed by atoms with van der Waals surface area (Å²) in [6, 6.07) is 0. The second-order valence-electron chi connectivity index (χ2n) is 4.70. The van der Waals surface area contributed by atoms with Crippen LogP contribution in [0.3, 0.4) is 0 Å². The van der Waals surface area contributed by atoms with Crippen LogP contribution in [0.4, 0.5) is 0 Å². The molecule has 4 heteroatoms. The van der Waals surface area contributed by atoms with E-state index in [0.29, 0.717) is 0 Å². The molecule has 1 heterocycles. The topological polar surface area (TPSA) is 57.6 Å². The summed E-state index contributed by atoms with van der Waals surface area (Å²) in [4.78, 5) is 24.5. The molecule has 4 nitrogen and oxygen atoms in total. The molecule has 1 N–H and O–H groups in total. The van der Waals surface area contributed by atoms with Crippen LogP contribution in [0, 0.1) is 5.92 Å². The molecule has 2 amide bonds. The summed E-state index contributed by atoms with van der Waals surface area (Å²) in [5.41, 5.74) is 0. The quantitative estimate of drug-likeness (QED) is 0.408. The number of amides is 2. The summed E-state index contributed by atoms with van der Waals surface area (Å²) in [5.74, 6) is -0.649. The van der Waals surface area contributed by atoms with E-state index in [-0.39, 0.29) is 37.3 Å². The standard InChI is InChI=1S/C14H23NO3/c1-2-3-4-5-6-7-8-12-11-13(17)15(9-10-16)14(12)18/h7-8,12,16H,2-6,9-11H2,1H3. The van der Waals surface area contributed by atoms with Gasteiger partial charge >= 0.3 is 0 Å². The highest BCUT2D eigenvalue weighted by Gasteiger charge is 2.36. The molecule has 0 aromatic carbocycles. The third-order valence-electron chi connectivity index (χ3n) is 3.20. The van der Waals surface area contributed by atoms with Crippen LogP contribution in [0.2, 0.25) is 0 Å². The van der Waals surface area contributed by atoms with Gasteiger partial charge in [0.25, 0.3) is 0 Å². The van der Waals surface area contributed by atoms with Crippen LogP contribution in [-0.2, 0) is 9.59 Å². The summed E-state index contributed by atoms with van der Waals surface area (Å²) in [7, 11) is 0. The number of unbranched alkanes of at least 4 members (excludes halogenated alkanes) is 4. The first kappa shape index (κ1) is 14.9. The Kier molecular flexibility index (Phi) is 6.65. The Morgan fingerprint density at radius 3 is 2.78 bits per heavy atom. The van der Waals surface area contributed by atoms with Gasteiger partial charge in [-0.25, -0.2) is 0 Å². The van der Waals surface area contributed by atoms with Crippen LogP contribution in [0.5, 0.6) is 0 Å². The van der Waals surface area contributed by atoms with Gasteiger partial charge in [-0.3, -0.25) is 14.5 Å².